The first-order valence-corrected chi connectivity index (χ1v) is 8.33. The standard InChI is InChI=1S/C18H15ClN4O2/c19-13-3-1-2-11(6-13)17(24)12-7-15(20-9-12)18(25)21-16-8-14(22-23-16)10-4-5-10/h1-3,6-10,20H,4-5H2,(H2,21,22,23,25). The molecule has 1 fully saturated rings. The van der Waals surface area contributed by atoms with Crippen molar-refractivity contribution in [3.05, 3.63) is 70.1 Å². The molecule has 0 spiro atoms. The molecule has 4 rings (SSSR count). The Bertz CT molecular complexity index is 955. The van der Waals surface area contributed by atoms with Crippen molar-refractivity contribution in [2.75, 3.05) is 5.32 Å². The first kappa shape index (κ1) is 15.7. The molecule has 0 radical (unpaired) electrons. The molecule has 0 bridgehead atoms. The molecule has 0 atom stereocenters. The zero-order chi connectivity index (χ0) is 17.4. The molecular formula is C18H15ClN4O2. The molecule has 1 saturated carbocycles. The van der Waals surface area contributed by atoms with Crippen LogP contribution in [0.15, 0.2) is 42.6 Å². The molecule has 1 aliphatic carbocycles. The number of H-pyrrole nitrogens is 2. The van der Waals surface area contributed by atoms with Gasteiger partial charge in [0.15, 0.2) is 11.6 Å². The predicted molar refractivity (Wildman–Crippen MR) is 94.2 cm³/mol. The summed E-state index contributed by atoms with van der Waals surface area (Å²) in [5.74, 6) is 0.461. The lowest BCUT2D eigenvalue weighted by Gasteiger charge is -1.99. The van der Waals surface area contributed by atoms with Gasteiger partial charge in [-0.1, -0.05) is 23.7 Å². The van der Waals surface area contributed by atoms with E-state index in [-0.39, 0.29) is 11.7 Å². The molecule has 3 aromatic rings. The average molecular weight is 355 g/mol. The van der Waals surface area contributed by atoms with E-state index in [1.54, 1.807) is 24.3 Å². The monoisotopic (exact) mass is 354 g/mol. The van der Waals surface area contributed by atoms with E-state index in [1.807, 2.05) is 6.07 Å². The second-order valence-electron chi connectivity index (χ2n) is 6.08. The summed E-state index contributed by atoms with van der Waals surface area (Å²) in [6, 6.07) is 10.1. The number of hydrogen-bond acceptors (Lipinski definition) is 3. The molecule has 3 N–H and O–H groups in total. The predicted octanol–water partition coefficient (Wildman–Crippen LogP) is 3.75. The van der Waals surface area contributed by atoms with Gasteiger partial charge >= 0.3 is 0 Å². The van der Waals surface area contributed by atoms with Gasteiger partial charge in [0, 0.05) is 40.0 Å². The Morgan fingerprint density at radius 3 is 2.76 bits per heavy atom. The second kappa shape index (κ2) is 6.22. The number of ketones is 1. The summed E-state index contributed by atoms with van der Waals surface area (Å²) in [5, 5.41) is 10.2. The number of halogens is 1. The van der Waals surface area contributed by atoms with Crippen LogP contribution in [-0.4, -0.2) is 26.9 Å². The minimum Gasteiger partial charge on any atom is -0.356 e. The third kappa shape index (κ3) is 3.34. The summed E-state index contributed by atoms with van der Waals surface area (Å²) in [5.41, 5.74) is 2.20. The molecule has 126 valence electrons. The van der Waals surface area contributed by atoms with Crippen molar-refractivity contribution in [3.8, 4) is 0 Å². The van der Waals surface area contributed by atoms with Gasteiger partial charge in [-0.25, -0.2) is 0 Å². The third-order valence-corrected chi connectivity index (χ3v) is 4.37. The van der Waals surface area contributed by atoms with Crippen LogP contribution in [0, 0.1) is 0 Å². The van der Waals surface area contributed by atoms with Gasteiger partial charge in [-0.15, -0.1) is 0 Å². The summed E-state index contributed by atoms with van der Waals surface area (Å²) in [6.07, 6.45) is 3.82. The smallest absolute Gasteiger partial charge is 0.273 e. The van der Waals surface area contributed by atoms with E-state index in [9.17, 15) is 9.59 Å². The van der Waals surface area contributed by atoms with Crippen LogP contribution in [0.25, 0.3) is 0 Å². The molecule has 1 aromatic carbocycles. The molecule has 2 aromatic heterocycles. The molecule has 25 heavy (non-hydrogen) atoms. The summed E-state index contributed by atoms with van der Waals surface area (Å²) in [6.45, 7) is 0. The number of nitrogens with zero attached hydrogens (tertiary/aromatic N) is 1. The van der Waals surface area contributed by atoms with E-state index >= 15 is 0 Å². The van der Waals surface area contributed by atoms with E-state index in [1.165, 1.54) is 12.3 Å². The minimum absolute atomic E-state index is 0.200. The SMILES string of the molecule is O=C(c1cccc(Cl)c1)c1c[nH]c(C(=O)Nc2cc(C3CC3)[nH]n2)c1. The molecule has 6 nitrogen and oxygen atoms in total. The van der Waals surface area contributed by atoms with Gasteiger partial charge in [0.25, 0.3) is 5.91 Å². The zero-order valence-electron chi connectivity index (χ0n) is 13.2. The maximum absolute atomic E-state index is 12.5. The molecule has 0 aliphatic heterocycles. The first-order chi connectivity index (χ1) is 12.1. The van der Waals surface area contributed by atoms with Gasteiger partial charge in [-0.3, -0.25) is 14.7 Å². The number of benzene rings is 1. The maximum atomic E-state index is 12.5. The van der Waals surface area contributed by atoms with Gasteiger partial charge in [0.1, 0.15) is 5.69 Å². The molecule has 0 saturated heterocycles. The number of nitrogens with one attached hydrogen (secondary N) is 3. The second-order valence-corrected chi connectivity index (χ2v) is 6.51. The Labute approximate surface area is 148 Å². The first-order valence-electron chi connectivity index (χ1n) is 7.95. The third-order valence-electron chi connectivity index (χ3n) is 4.13. The van der Waals surface area contributed by atoms with Gasteiger partial charge < -0.3 is 10.3 Å². The van der Waals surface area contributed by atoms with Crippen LogP contribution in [0.1, 0.15) is 50.9 Å². The van der Waals surface area contributed by atoms with Gasteiger partial charge in [-0.2, -0.15) is 5.10 Å². The van der Waals surface area contributed by atoms with E-state index in [0.717, 1.165) is 18.5 Å². The quantitative estimate of drug-likeness (QED) is 0.609. The Morgan fingerprint density at radius 2 is 2.00 bits per heavy atom. The van der Waals surface area contributed by atoms with Crippen LogP contribution in [-0.2, 0) is 0 Å². The summed E-state index contributed by atoms with van der Waals surface area (Å²) in [4.78, 5) is 27.6. The van der Waals surface area contributed by atoms with Crippen molar-refractivity contribution in [1.29, 1.82) is 0 Å². The summed E-state index contributed by atoms with van der Waals surface area (Å²) in [7, 11) is 0. The largest absolute Gasteiger partial charge is 0.356 e. The van der Waals surface area contributed by atoms with E-state index in [4.69, 9.17) is 11.6 Å². The van der Waals surface area contributed by atoms with Crippen molar-refractivity contribution in [1.82, 2.24) is 15.2 Å². The number of carbonyl (C=O) groups is 2. The number of aromatic amines is 2. The maximum Gasteiger partial charge on any atom is 0.273 e. The number of hydrogen-bond donors (Lipinski definition) is 3. The molecule has 0 unspecified atom stereocenters. The fourth-order valence-corrected chi connectivity index (χ4v) is 2.83. The fourth-order valence-electron chi connectivity index (χ4n) is 2.64. The van der Waals surface area contributed by atoms with Crippen LogP contribution in [0.5, 0.6) is 0 Å². The number of aromatic nitrogens is 3. The van der Waals surface area contributed by atoms with E-state index < -0.39 is 0 Å². The Hall–Kier alpha value is -2.86. The van der Waals surface area contributed by atoms with Crippen molar-refractivity contribution >= 4 is 29.1 Å². The number of carbonyl (C=O) groups excluding carboxylic acids is 2. The van der Waals surface area contributed by atoms with Crippen molar-refractivity contribution in [2.24, 2.45) is 0 Å². The van der Waals surface area contributed by atoms with Crippen LogP contribution in [0.3, 0.4) is 0 Å². The molecule has 1 amide bonds. The number of rotatable bonds is 5. The lowest BCUT2D eigenvalue weighted by molar-refractivity contribution is 0.102. The van der Waals surface area contributed by atoms with Crippen LogP contribution >= 0.6 is 11.6 Å². The number of amides is 1. The highest BCUT2D eigenvalue weighted by Crippen LogP contribution is 2.39. The lowest BCUT2D eigenvalue weighted by Crippen LogP contribution is -2.12. The topological polar surface area (TPSA) is 90.6 Å². The van der Waals surface area contributed by atoms with Crippen LogP contribution in [0.4, 0.5) is 5.82 Å². The summed E-state index contributed by atoms with van der Waals surface area (Å²) < 4.78 is 0. The Balaban J connectivity index is 1.47. The molecular weight excluding hydrogens is 340 g/mol. The van der Waals surface area contributed by atoms with E-state index in [0.29, 0.717) is 33.6 Å². The number of anilines is 1. The average Bonchev–Trinajstić information content (AvgIpc) is 3.15. The normalized spacial score (nSPS) is 13.6. The molecule has 2 heterocycles. The van der Waals surface area contributed by atoms with Crippen LogP contribution < -0.4 is 5.32 Å². The van der Waals surface area contributed by atoms with Gasteiger partial charge in [0.05, 0.1) is 0 Å². The fraction of sp³-hybridized carbons (Fsp3) is 0.167. The highest BCUT2D eigenvalue weighted by atomic mass is 35.5. The highest BCUT2D eigenvalue weighted by molar-refractivity contribution is 6.31. The molecule has 7 heteroatoms. The van der Waals surface area contributed by atoms with Crippen molar-refractivity contribution < 1.29 is 9.59 Å². The van der Waals surface area contributed by atoms with Crippen molar-refractivity contribution in [2.45, 2.75) is 18.8 Å². The van der Waals surface area contributed by atoms with Gasteiger partial charge in [0.2, 0.25) is 0 Å². The highest BCUT2D eigenvalue weighted by Gasteiger charge is 2.26. The summed E-state index contributed by atoms with van der Waals surface area (Å²) >= 11 is 5.92. The van der Waals surface area contributed by atoms with Crippen molar-refractivity contribution in [3.63, 3.8) is 0 Å². The minimum atomic E-state index is -0.348. The van der Waals surface area contributed by atoms with Crippen LogP contribution in [0.2, 0.25) is 5.02 Å². The van der Waals surface area contributed by atoms with E-state index in [2.05, 4.69) is 20.5 Å². The zero-order valence-corrected chi connectivity index (χ0v) is 13.9. The Morgan fingerprint density at radius 1 is 1.16 bits per heavy atom. The Kier molecular flexibility index (Phi) is 3.89. The molecule has 1 aliphatic rings. The lowest BCUT2D eigenvalue weighted by atomic mass is 10.1. The van der Waals surface area contributed by atoms with Gasteiger partial charge in [-0.05, 0) is 31.0 Å².